The molecule has 0 unspecified atom stereocenters. The number of ether oxygens (including phenoxy) is 4. The summed E-state index contributed by atoms with van der Waals surface area (Å²) in [5, 5.41) is 2.62. The molecule has 0 spiro atoms. The van der Waals surface area contributed by atoms with Crippen LogP contribution in [0.25, 0.3) is 5.57 Å². The van der Waals surface area contributed by atoms with Gasteiger partial charge in [-0.1, -0.05) is 6.08 Å². The number of carbonyl (C=O) groups is 3. The van der Waals surface area contributed by atoms with E-state index in [1.54, 1.807) is 19.2 Å². The van der Waals surface area contributed by atoms with Crippen LogP contribution in [-0.2, 0) is 14.3 Å². The van der Waals surface area contributed by atoms with Crippen molar-refractivity contribution in [1.29, 1.82) is 0 Å². The van der Waals surface area contributed by atoms with Gasteiger partial charge in [-0.3, -0.25) is 4.79 Å². The first kappa shape index (κ1) is 27.4. The minimum atomic E-state index is -0.521. The molecule has 2 aromatic carbocycles. The average Bonchev–Trinajstić information content (AvgIpc) is 2.86. The summed E-state index contributed by atoms with van der Waals surface area (Å²) in [6.45, 7) is 3.69. The Kier molecular flexibility index (Phi) is 9.87. The Hall–Kier alpha value is -3.81. The van der Waals surface area contributed by atoms with E-state index in [-0.39, 0.29) is 5.91 Å². The summed E-state index contributed by atoms with van der Waals surface area (Å²) in [5.74, 6) is -0.221. The molecule has 0 saturated heterocycles. The van der Waals surface area contributed by atoms with E-state index >= 15 is 0 Å². The van der Waals surface area contributed by atoms with Crippen LogP contribution in [0.15, 0.2) is 30.3 Å². The predicted octanol–water partition coefficient (Wildman–Crippen LogP) is 4.24. The lowest BCUT2D eigenvalue weighted by Crippen LogP contribution is -2.16. The van der Waals surface area contributed by atoms with Gasteiger partial charge in [0.2, 0.25) is 5.91 Å². The van der Waals surface area contributed by atoms with Gasteiger partial charge in [0.1, 0.15) is 22.6 Å². The third-order valence-corrected chi connectivity index (χ3v) is 5.63. The molecule has 0 saturated carbocycles. The van der Waals surface area contributed by atoms with Crippen molar-refractivity contribution in [3.8, 4) is 11.5 Å². The molecule has 2 aromatic rings. The fourth-order valence-electron chi connectivity index (χ4n) is 3.96. The summed E-state index contributed by atoms with van der Waals surface area (Å²) in [7, 11) is 7.23. The molecule has 1 amide bonds. The fourth-order valence-corrected chi connectivity index (χ4v) is 3.96. The zero-order chi connectivity index (χ0) is 26.1. The molecule has 0 aromatic heterocycles. The standard InChI is InChI=1S/C27H33NO7/c1-16-12-18(14-21(24(16)32-4)26(30)34-6)20(10-8-9-11-23(29)28-3)19-13-17(2)25(33-5)22(15-19)27(31)35-7/h10,12-15H,8-9,11H2,1-7H3,(H,28,29). The number of amides is 1. The topological polar surface area (TPSA) is 100 Å². The van der Waals surface area contributed by atoms with Crippen molar-refractivity contribution in [2.45, 2.75) is 33.1 Å². The van der Waals surface area contributed by atoms with Crippen LogP contribution in [0.4, 0.5) is 0 Å². The normalized spacial score (nSPS) is 10.3. The maximum Gasteiger partial charge on any atom is 0.341 e. The second-order valence-electron chi connectivity index (χ2n) is 7.91. The molecule has 8 nitrogen and oxygen atoms in total. The van der Waals surface area contributed by atoms with Crippen LogP contribution in [-0.4, -0.2) is 53.3 Å². The molecular weight excluding hydrogens is 450 g/mol. The number of rotatable bonds is 10. The number of nitrogens with one attached hydrogen (secondary N) is 1. The van der Waals surface area contributed by atoms with Crippen LogP contribution in [0.3, 0.4) is 0 Å². The third-order valence-electron chi connectivity index (χ3n) is 5.63. The highest BCUT2D eigenvalue weighted by Gasteiger charge is 2.21. The number of aryl methyl sites for hydroxylation is 2. The Morgan fingerprint density at radius 2 is 1.26 bits per heavy atom. The fraction of sp³-hybridized carbons (Fsp3) is 0.370. The number of esters is 2. The zero-order valence-electron chi connectivity index (χ0n) is 21.4. The molecule has 0 atom stereocenters. The van der Waals surface area contributed by atoms with Gasteiger partial charge in [-0.15, -0.1) is 0 Å². The number of allylic oxidation sites excluding steroid dienone is 1. The largest absolute Gasteiger partial charge is 0.496 e. The van der Waals surface area contributed by atoms with Gasteiger partial charge >= 0.3 is 11.9 Å². The van der Waals surface area contributed by atoms with E-state index in [0.29, 0.717) is 41.9 Å². The van der Waals surface area contributed by atoms with Crippen molar-refractivity contribution >= 4 is 23.4 Å². The van der Waals surface area contributed by atoms with Crippen molar-refractivity contribution in [3.05, 3.63) is 63.7 Å². The molecule has 188 valence electrons. The first-order chi connectivity index (χ1) is 16.7. The summed E-state index contributed by atoms with van der Waals surface area (Å²) in [6, 6.07) is 7.24. The van der Waals surface area contributed by atoms with Gasteiger partial charge in [0.25, 0.3) is 0 Å². The average molecular weight is 484 g/mol. The lowest BCUT2D eigenvalue weighted by Gasteiger charge is -2.18. The van der Waals surface area contributed by atoms with Crippen LogP contribution in [0, 0.1) is 13.8 Å². The van der Waals surface area contributed by atoms with Crippen molar-refractivity contribution in [2.75, 3.05) is 35.5 Å². The second kappa shape index (κ2) is 12.6. The molecule has 0 aliphatic heterocycles. The highest BCUT2D eigenvalue weighted by Crippen LogP contribution is 2.35. The van der Waals surface area contributed by atoms with E-state index in [2.05, 4.69) is 5.32 Å². The molecule has 0 heterocycles. The monoisotopic (exact) mass is 483 g/mol. The minimum Gasteiger partial charge on any atom is -0.496 e. The van der Waals surface area contributed by atoms with E-state index in [0.717, 1.165) is 27.8 Å². The second-order valence-corrected chi connectivity index (χ2v) is 7.91. The molecule has 0 bridgehead atoms. The SMILES string of the molecule is CNC(=O)CCCC=C(c1cc(C)c(OC)c(C(=O)OC)c1)c1cc(C)c(OC)c(C(=O)OC)c1. The van der Waals surface area contributed by atoms with Crippen molar-refractivity contribution < 1.29 is 33.3 Å². The Balaban J connectivity index is 2.73. The molecule has 0 aliphatic carbocycles. The minimum absolute atomic E-state index is 0.0403. The van der Waals surface area contributed by atoms with Gasteiger partial charge in [-0.25, -0.2) is 9.59 Å². The Labute approximate surface area is 206 Å². The van der Waals surface area contributed by atoms with E-state index in [1.165, 1.54) is 28.4 Å². The number of benzene rings is 2. The highest BCUT2D eigenvalue weighted by atomic mass is 16.5. The maximum absolute atomic E-state index is 12.5. The lowest BCUT2D eigenvalue weighted by molar-refractivity contribution is -0.120. The molecule has 0 fully saturated rings. The first-order valence-corrected chi connectivity index (χ1v) is 11.2. The first-order valence-electron chi connectivity index (χ1n) is 11.2. The summed E-state index contributed by atoms with van der Waals surface area (Å²) < 4.78 is 20.8. The maximum atomic E-state index is 12.5. The van der Waals surface area contributed by atoms with Gasteiger partial charge < -0.3 is 24.3 Å². The van der Waals surface area contributed by atoms with Gasteiger partial charge in [-0.2, -0.15) is 0 Å². The van der Waals surface area contributed by atoms with Crippen LogP contribution in [0.5, 0.6) is 11.5 Å². The molecule has 1 N–H and O–H groups in total. The molecule has 0 radical (unpaired) electrons. The van der Waals surface area contributed by atoms with Gasteiger partial charge in [0, 0.05) is 13.5 Å². The number of unbranched alkanes of at least 4 members (excludes halogenated alkanes) is 1. The Morgan fingerprint density at radius 1 is 0.800 bits per heavy atom. The van der Waals surface area contributed by atoms with E-state index in [4.69, 9.17) is 18.9 Å². The molecule has 35 heavy (non-hydrogen) atoms. The molecular formula is C27H33NO7. The number of carbonyl (C=O) groups excluding carboxylic acids is 3. The number of hydrogen-bond donors (Lipinski definition) is 1. The van der Waals surface area contributed by atoms with E-state index in [1.807, 2.05) is 32.1 Å². The Morgan fingerprint density at radius 3 is 1.63 bits per heavy atom. The zero-order valence-corrected chi connectivity index (χ0v) is 21.4. The smallest absolute Gasteiger partial charge is 0.341 e. The van der Waals surface area contributed by atoms with Gasteiger partial charge in [0.05, 0.1) is 28.4 Å². The number of hydrogen-bond acceptors (Lipinski definition) is 7. The van der Waals surface area contributed by atoms with Crippen LogP contribution in [0.2, 0.25) is 0 Å². The molecule has 0 aliphatic rings. The van der Waals surface area contributed by atoms with Crippen LogP contribution >= 0.6 is 0 Å². The Bertz CT molecular complexity index is 1060. The van der Waals surface area contributed by atoms with Gasteiger partial charge in [-0.05, 0) is 78.8 Å². The van der Waals surface area contributed by atoms with E-state index in [9.17, 15) is 14.4 Å². The predicted molar refractivity (Wildman–Crippen MR) is 133 cm³/mol. The molecule has 8 heteroatoms. The lowest BCUT2D eigenvalue weighted by atomic mass is 9.90. The molecule has 2 rings (SSSR count). The van der Waals surface area contributed by atoms with Crippen molar-refractivity contribution in [3.63, 3.8) is 0 Å². The summed E-state index contributed by atoms with van der Waals surface area (Å²) >= 11 is 0. The highest BCUT2D eigenvalue weighted by molar-refractivity contribution is 5.97. The van der Waals surface area contributed by atoms with Crippen LogP contribution < -0.4 is 14.8 Å². The number of methoxy groups -OCH3 is 4. The quantitative estimate of drug-likeness (QED) is 0.398. The summed E-state index contributed by atoms with van der Waals surface area (Å²) in [5.41, 5.74) is 4.35. The summed E-state index contributed by atoms with van der Waals surface area (Å²) in [4.78, 5) is 36.7. The van der Waals surface area contributed by atoms with Crippen molar-refractivity contribution in [1.82, 2.24) is 5.32 Å². The van der Waals surface area contributed by atoms with E-state index < -0.39 is 11.9 Å². The summed E-state index contributed by atoms with van der Waals surface area (Å²) in [6.07, 6.45) is 3.60. The van der Waals surface area contributed by atoms with Crippen LogP contribution in [0.1, 0.15) is 62.2 Å². The third kappa shape index (κ3) is 6.41. The van der Waals surface area contributed by atoms with Crippen molar-refractivity contribution in [2.24, 2.45) is 0 Å². The van der Waals surface area contributed by atoms with Gasteiger partial charge in [0.15, 0.2) is 0 Å².